The summed E-state index contributed by atoms with van der Waals surface area (Å²) in [4.78, 5) is 20.2. The fraction of sp³-hybridized carbons (Fsp3) is 0.455. The number of hydrogen-bond acceptors (Lipinski definition) is 7. The molecule has 6 rings (SSSR count). The van der Waals surface area contributed by atoms with E-state index in [1.54, 1.807) is 23.9 Å². The van der Waals surface area contributed by atoms with Gasteiger partial charge in [-0.05, 0) is 44.4 Å². The number of nitrogens with zero attached hydrogens (tertiary/aromatic N) is 6. The van der Waals surface area contributed by atoms with Crippen LogP contribution in [0.25, 0.3) is 21.4 Å². The van der Waals surface area contributed by atoms with Gasteiger partial charge < -0.3 is 14.2 Å². The minimum Gasteiger partial charge on any atom is -0.351 e. The van der Waals surface area contributed by atoms with Crippen molar-refractivity contribution < 1.29 is 4.74 Å². The topological polar surface area (TPSA) is 69.0 Å². The lowest BCUT2D eigenvalue weighted by Gasteiger charge is -2.34. The highest BCUT2D eigenvalue weighted by Crippen LogP contribution is 2.44. The van der Waals surface area contributed by atoms with Crippen LogP contribution in [0.4, 0.5) is 5.13 Å². The zero-order valence-electron chi connectivity index (χ0n) is 17.2. The minimum absolute atomic E-state index is 0.314. The number of anilines is 1. The molecule has 0 N–H and O–H groups in total. The van der Waals surface area contributed by atoms with Crippen molar-refractivity contribution >= 4 is 37.8 Å². The van der Waals surface area contributed by atoms with Crippen molar-refractivity contribution in [2.24, 2.45) is 0 Å². The number of fused-ring (bicyclic) bond motifs is 3. The first kappa shape index (κ1) is 18.2. The van der Waals surface area contributed by atoms with E-state index in [1.165, 1.54) is 29.5 Å². The Morgan fingerprint density at radius 3 is 3.00 bits per heavy atom. The van der Waals surface area contributed by atoms with Gasteiger partial charge in [0.15, 0.2) is 10.8 Å². The van der Waals surface area contributed by atoms with E-state index in [2.05, 4.69) is 56.5 Å². The molecule has 7 nitrogen and oxygen atoms in total. The van der Waals surface area contributed by atoms with Gasteiger partial charge in [-0.25, -0.2) is 19.9 Å². The molecule has 0 radical (unpaired) electrons. The molecule has 4 heterocycles. The van der Waals surface area contributed by atoms with Crippen LogP contribution in [0.3, 0.4) is 0 Å². The second-order valence-corrected chi connectivity index (χ2v) is 9.74. The minimum atomic E-state index is -0.314. The van der Waals surface area contributed by atoms with Crippen LogP contribution in [0.2, 0.25) is 0 Å². The molecular formula is C22H24N6OS. The van der Waals surface area contributed by atoms with Crippen LogP contribution in [0.5, 0.6) is 0 Å². The number of thiazole rings is 1. The van der Waals surface area contributed by atoms with Crippen molar-refractivity contribution in [1.29, 1.82) is 0 Å². The van der Waals surface area contributed by atoms with Crippen molar-refractivity contribution in [2.45, 2.75) is 63.9 Å². The van der Waals surface area contributed by atoms with Crippen molar-refractivity contribution in [3.05, 3.63) is 42.6 Å². The largest absolute Gasteiger partial charge is 0.351 e. The van der Waals surface area contributed by atoms with Crippen molar-refractivity contribution in [3.63, 3.8) is 0 Å². The van der Waals surface area contributed by atoms with Gasteiger partial charge in [-0.3, -0.25) is 0 Å². The summed E-state index contributed by atoms with van der Waals surface area (Å²) >= 11 is 1.77. The second kappa shape index (κ2) is 6.72. The third-order valence-corrected chi connectivity index (χ3v) is 7.32. The van der Waals surface area contributed by atoms with Crippen molar-refractivity contribution in [3.8, 4) is 0 Å². The molecule has 0 bridgehead atoms. The van der Waals surface area contributed by atoms with Gasteiger partial charge in [-0.15, -0.1) is 0 Å². The van der Waals surface area contributed by atoms with E-state index in [0.717, 1.165) is 34.8 Å². The standard InChI is InChI=1S/C22H24N6OS/c1-22(2)28(17-5-3-4-6-18(17)29-22)21-26-15-8-7-14(9-19(15)30-21)11-27-13-25-16-10-23-12-24-20(16)27/h7-10,12-13,17-18H,3-6,11H2,1-2H3/t17-,18-/m1/s1. The van der Waals surface area contributed by atoms with Gasteiger partial charge >= 0.3 is 0 Å². The average molecular weight is 421 g/mol. The van der Waals surface area contributed by atoms with E-state index >= 15 is 0 Å². The third kappa shape index (κ3) is 2.89. The average Bonchev–Trinajstić information content (AvgIpc) is 3.40. The molecule has 8 heteroatoms. The highest BCUT2D eigenvalue weighted by Gasteiger charge is 2.49. The summed E-state index contributed by atoms with van der Waals surface area (Å²) in [5.41, 5.74) is 3.62. The molecule has 1 aliphatic heterocycles. The van der Waals surface area contributed by atoms with Crippen LogP contribution in [-0.4, -0.2) is 42.4 Å². The lowest BCUT2D eigenvalue weighted by molar-refractivity contribution is -0.0243. The number of hydrogen-bond donors (Lipinski definition) is 0. The molecule has 2 fully saturated rings. The zero-order chi connectivity index (χ0) is 20.3. The maximum atomic E-state index is 6.42. The van der Waals surface area contributed by atoms with Crippen LogP contribution in [0.1, 0.15) is 45.1 Å². The maximum absolute atomic E-state index is 6.42. The number of rotatable bonds is 3. The lowest BCUT2D eigenvalue weighted by Crippen LogP contribution is -2.45. The number of aromatic nitrogens is 5. The summed E-state index contributed by atoms with van der Waals surface area (Å²) in [5.74, 6) is 0. The highest BCUT2D eigenvalue weighted by molar-refractivity contribution is 7.22. The molecule has 3 aromatic heterocycles. The van der Waals surface area contributed by atoms with E-state index in [4.69, 9.17) is 9.72 Å². The van der Waals surface area contributed by atoms with Crippen LogP contribution >= 0.6 is 11.3 Å². The predicted octanol–water partition coefficient (Wildman–Crippen LogP) is 4.37. The van der Waals surface area contributed by atoms with Crippen LogP contribution in [-0.2, 0) is 11.3 Å². The molecule has 1 saturated carbocycles. The third-order valence-electron chi connectivity index (χ3n) is 6.30. The molecular weight excluding hydrogens is 396 g/mol. The number of ether oxygens (including phenoxy) is 1. The maximum Gasteiger partial charge on any atom is 0.189 e. The first-order valence-corrected chi connectivity index (χ1v) is 11.4. The summed E-state index contributed by atoms with van der Waals surface area (Å²) in [6, 6.07) is 6.95. The molecule has 1 aliphatic carbocycles. The number of imidazole rings is 1. The monoisotopic (exact) mass is 420 g/mol. The van der Waals surface area contributed by atoms with Crippen LogP contribution in [0.15, 0.2) is 37.1 Å². The van der Waals surface area contributed by atoms with Crippen LogP contribution in [0, 0.1) is 0 Å². The molecule has 4 aromatic rings. The van der Waals surface area contributed by atoms with Gasteiger partial charge in [0.2, 0.25) is 0 Å². The molecule has 2 atom stereocenters. The van der Waals surface area contributed by atoms with Gasteiger partial charge in [-0.2, -0.15) is 0 Å². The predicted molar refractivity (Wildman–Crippen MR) is 118 cm³/mol. The molecule has 2 aliphatic rings. The highest BCUT2D eigenvalue weighted by atomic mass is 32.1. The van der Waals surface area contributed by atoms with E-state index in [0.29, 0.717) is 12.1 Å². The van der Waals surface area contributed by atoms with Crippen molar-refractivity contribution in [2.75, 3.05) is 4.90 Å². The van der Waals surface area contributed by atoms with E-state index in [9.17, 15) is 0 Å². The summed E-state index contributed by atoms with van der Waals surface area (Å²) in [6.45, 7) is 5.07. The number of benzene rings is 1. The molecule has 0 spiro atoms. The fourth-order valence-electron chi connectivity index (χ4n) is 4.99. The molecule has 1 aromatic carbocycles. The van der Waals surface area contributed by atoms with Gasteiger partial charge in [0.25, 0.3) is 0 Å². The Morgan fingerprint density at radius 1 is 1.17 bits per heavy atom. The first-order chi connectivity index (χ1) is 14.6. The van der Waals surface area contributed by atoms with Gasteiger partial charge in [0.05, 0.1) is 41.4 Å². The molecule has 30 heavy (non-hydrogen) atoms. The SMILES string of the molecule is CC1(C)O[C@@H]2CCCC[C@H]2N1c1nc2ccc(Cn3cnc4cncnc43)cc2s1. The molecule has 154 valence electrons. The Kier molecular flexibility index (Phi) is 4.08. The second-order valence-electron chi connectivity index (χ2n) is 8.73. The Labute approximate surface area is 178 Å². The van der Waals surface area contributed by atoms with Gasteiger partial charge in [-0.1, -0.05) is 30.2 Å². The Bertz CT molecular complexity index is 1230. The molecule has 1 saturated heterocycles. The van der Waals surface area contributed by atoms with Gasteiger partial charge in [0.1, 0.15) is 17.6 Å². The Hall–Kier alpha value is -2.58. The smallest absolute Gasteiger partial charge is 0.189 e. The first-order valence-electron chi connectivity index (χ1n) is 10.6. The summed E-state index contributed by atoms with van der Waals surface area (Å²) in [6.07, 6.45) is 10.3. The van der Waals surface area contributed by atoms with Crippen LogP contribution < -0.4 is 4.90 Å². The molecule has 0 unspecified atom stereocenters. The normalized spacial score (nSPS) is 23.3. The summed E-state index contributed by atoms with van der Waals surface area (Å²) in [5, 5.41) is 1.07. The fourth-order valence-corrected chi connectivity index (χ4v) is 6.22. The molecule has 0 amide bonds. The zero-order valence-corrected chi connectivity index (χ0v) is 18.0. The van der Waals surface area contributed by atoms with E-state index < -0.39 is 0 Å². The van der Waals surface area contributed by atoms with E-state index in [-0.39, 0.29) is 5.72 Å². The Balaban J connectivity index is 1.34. The quantitative estimate of drug-likeness (QED) is 0.490. The Morgan fingerprint density at radius 2 is 2.07 bits per heavy atom. The van der Waals surface area contributed by atoms with E-state index in [1.807, 2.05) is 6.33 Å². The van der Waals surface area contributed by atoms with Gasteiger partial charge in [0, 0.05) is 0 Å². The summed E-state index contributed by atoms with van der Waals surface area (Å²) in [7, 11) is 0. The summed E-state index contributed by atoms with van der Waals surface area (Å²) < 4.78 is 9.69. The van der Waals surface area contributed by atoms with Crippen molar-refractivity contribution in [1.82, 2.24) is 24.5 Å². The lowest BCUT2D eigenvalue weighted by atomic mass is 9.92.